The Hall–Kier alpha value is -2.82. The quantitative estimate of drug-likeness (QED) is 0.717. The van der Waals surface area contributed by atoms with E-state index in [1.807, 2.05) is 36.1 Å². The molecule has 1 aliphatic heterocycles. The molecule has 1 N–H and O–H groups in total. The van der Waals surface area contributed by atoms with Gasteiger partial charge in [0, 0.05) is 24.6 Å². The fraction of sp³-hybridized carbons (Fsp3) is 0.333. The molecule has 132 valence electrons. The Balaban J connectivity index is 1.38. The predicted octanol–water partition coefficient (Wildman–Crippen LogP) is 4.90. The van der Waals surface area contributed by atoms with Crippen molar-refractivity contribution in [3.63, 3.8) is 0 Å². The minimum Gasteiger partial charge on any atom is -0.441 e. The van der Waals surface area contributed by atoms with Crippen LogP contribution in [0.2, 0.25) is 0 Å². The molecule has 2 aromatic carbocycles. The minimum atomic E-state index is -0.0454. The third-order valence-electron chi connectivity index (χ3n) is 5.85. The third kappa shape index (κ3) is 2.30. The fourth-order valence-corrected chi connectivity index (χ4v) is 4.47. The molecule has 26 heavy (non-hydrogen) atoms. The van der Waals surface area contributed by atoms with E-state index in [9.17, 15) is 4.79 Å². The van der Waals surface area contributed by atoms with Gasteiger partial charge in [-0.15, -0.1) is 0 Å². The van der Waals surface area contributed by atoms with Gasteiger partial charge in [0.2, 0.25) is 0 Å². The standard InChI is InChI=1S/C21H21N3O2/c1-14-22-17-12-16(8-9-18(17)26-14)23-20(25)24-13-21(10-5-11-21)19(24)15-6-3-2-4-7-15/h2-4,6-9,12,19H,5,10-11,13H2,1H3,(H,23,25). The number of rotatable bonds is 2. The van der Waals surface area contributed by atoms with Gasteiger partial charge in [0.15, 0.2) is 11.5 Å². The molecular formula is C21H21N3O2. The van der Waals surface area contributed by atoms with Crippen LogP contribution in [0.5, 0.6) is 0 Å². The van der Waals surface area contributed by atoms with Crippen molar-refractivity contribution in [3.8, 4) is 0 Å². The van der Waals surface area contributed by atoms with E-state index in [1.54, 1.807) is 0 Å². The lowest BCUT2D eigenvalue weighted by Gasteiger charge is -2.62. The molecule has 2 fully saturated rings. The van der Waals surface area contributed by atoms with Crippen molar-refractivity contribution in [2.75, 3.05) is 11.9 Å². The number of anilines is 1. The number of hydrogen-bond acceptors (Lipinski definition) is 3. The van der Waals surface area contributed by atoms with Gasteiger partial charge in [-0.1, -0.05) is 36.8 Å². The Morgan fingerprint density at radius 3 is 2.77 bits per heavy atom. The van der Waals surface area contributed by atoms with E-state index in [2.05, 4.69) is 34.6 Å². The van der Waals surface area contributed by atoms with Crippen molar-refractivity contribution in [1.82, 2.24) is 9.88 Å². The number of amides is 2. The molecule has 1 spiro atoms. The van der Waals surface area contributed by atoms with Gasteiger partial charge in [0.25, 0.3) is 0 Å². The van der Waals surface area contributed by atoms with Gasteiger partial charge in [-0.3, -0.25) is 0 Å². The number of nitrogens with zero attached hydrogens (tertiary/aromatic N) is 2. The lowest BCUT2D eigenvalue weighted by atomic mass is 9.56. The molecule has 5 nitrogen and oxygen atoms in total. The van der Waals surface area contributed by atoms with Crippen molar-refractivity contribution >= 4 is 22.8 Å². The lowest BCUT2D eigenvalue weighted by molar-refractivity contribution is -0.0969. The average Bonchev–Trinajstić information content (AvgIpc) is 2.93. The summed E-state index contributed by atoms with van der Waals surface area (Å²) in [5.74, 6) is 0.627. The summed E-state index contributed by atoms with van der Waals surface area (Å²) in [4.78, 5) is 19.2. The van der Waals surface area contributed by atoms with Gasteiger partial charge in [-0.05, 0) is 36.6 Å². The highest BCUT2D eigenvalue weighted by molar-refractivity contribution is 5.92. The molecule has 1 saturated heterocycles. The first-order valence-corrected chi connectivity index (χ1v) is 9.14. The summed E-state index contributed by atoms with van der Waals surface area (Å²) in [5.41, 5.74) is 3.76. The summed E-state index contributed by atoms with van der Waals surface area (Å²) < 4.78 is 5.50. The number of aryl methyl sites for hydroxylation is 1. The largest absolute Gasteiger partial charge is 0.441 e. The Labute approximate surface area is 152 Å². The number of oxazole rings is 1. The average molecular weight is 347 g/mol. The van der Waals surface area contributed by atoms with Crippen molar-refractivity contribution < 1.29 is 9.21 Å². The molecule has 1 saturated carbocycles. The minimum absolute atomic E-state index is 0.0454. The van der Waals surface area contributed by atoms with Crippen LogP contribution in [0.15, 0.2) is 52.9 Å². The normalized spacial score (nSPS) is 20.7. The molecule has 1 aromatic heterocycles. The van der Waals surface area contributed by atoms with Crippen molar-refractivity contribution in [2.45, 2.75) is 32.2 Å². The Bertz CT molecular complexity index is 975. The zero-order valence-corrected chi connectivity index (χ0v) is 14.7. The van der Waals surface area contributed by atoms with Crippen LogP contribution in [-0.2, 0) is 0 Å². The van der Waals surface area contributed by atoms with E-state index in [4.69, 9.17) is 4.42 Å². The molecule has 5 rings (SSSR count). The molecule has 0 bridgehead atoms. The molecule has 0 radical (unpaired) electrons. The summed E-state index contributed by atoms with van der Waals surface area (Å²) in [6.07, 6.45) is 3.68. The maximum atomic E-state index is 12.9. The Morgan fingerprint density at radius 1 is 1.23 bits per heavy atom. The molecule has 1 unspecified atom stereocenters. The van der Waals surface area contributed by atoms with Crippen LogP contribution >= 0.6 is 0 Å². The van der Waals surface area contributed by atoms with Gasteiger partial charge >= 0.3 is 6.03 Å². The molecule has 5 heteroatoms. The summed E-state index contributed by atoms with van der Waals surface area (Å²) in [6, 6.07) is 16.1. The van der Waals surface area contributed by atoms with Crippen LogP contribution in [0.25, 0.3) is 11.1 Å². The number of benzene rings is 2. The van der Waals surface area contributed by atoms with Crippen molar-refractivity contribution in [1.29, 1.82) is 0 Å². The second-order valence-electron chi connectivity index (χ2n) is 7.50. The highest BCUT2D eigenvalue weighted by Gasteiger charge is 2.57. The maximum absolute atomic E-state index is 12.9. The zero-order valence-electron chi connectivity index (χ0n) is 14.7. The number of hydrogen-bond donors (Lipinski definition) is 1. The summed E-state index contributed by atoms with van der Waals surface area (Å²) in [5, 5.41) is 3.04. The number of carbonyl (C=O) groups excluding carboxylic acids is 1. The highest BCUT2D eigenvalue weighted by Crippen LogP contribution is 2.60. The summed E-state index contributed by atoms with van der Waals surface area (Å²) >= 11 is 0. The van der Waals surface area contributed by atoms with Gasteiger partial charge in [-0.2, -0.15) is 0 Å². The number of fused-ring (bicyclic) bond motifs is 1. The lowest BCUT2D eigenvalue weighted by Crippen LogP contribution is -2.64. The van der Waals surface area contributed by atoms with Crippen LogP contribution in [-0.4, -0.2) is 22.5 Å². The van der Waals surface area contributed by atoms with Crippen molar-refractivity contribution in [3.05, 3.63) is 60.0 Å². The van der Waals surface area contributed by atoms with Crippen LogP contribution in [0, 0.1) is 12.3 Å². The van der Waals surface area contributed by atoms with Crippen LogP contribution in [0.3, 0.4) is 0 Å². The smallest absolute Gasteiger partial charge is 0.322 e. The predicted molar refractivity (Wildman–Crippen MR) is 99.9 cm³/mol. The molecule has 2 aliphatic rings. The van der Waals surface area contributed by atoms with Crippen LogP contribution in [0.1, 0.15) is 36.8 Å². The number of likely N-dealkylation sites (tertiary alicyclic amines) is 1. The number of urea groups is 1. The van der Waals surface area contributed by atoms with Gasteiger partial charge in [0.05, 0.1) is 6.04 Å². The number of nitrogens with one attached hydrogen (secondary N) is 1. The molecule has 1 atom stereocenters. The van der Waals surface area contributed by atoms with E-state index in [1.165, 1.54) is 24.8 Å². The van der Waals surface area contributed by atoms with Gasteiger partial charge in [-0.25, -0.2) is 9.78 Å². The van der Waals surface area contributed by atoms with Gasteiger partial charge < -0.3 is 14.6 Å². The molecule has 2 amide bonds. The van der Waals surface area contributed by atoms with Crippen molar-refractivity contribution in [2.24, 2.45) is 5.41 Å². The fourth-order valence-electron chi connectivity index (χ4n) is 4.47. The molecule has 2 heterocycles. The van der Waals surface area contributed by atoms with E-state index in [-0.39, 0.29) is 17.5 Å². The monoisotopic (exact) mass is 347 g/mol. The van der Waals surface area contributed by atoms with Crippen LogP contribution in [0.4, 0.5) is 10.5 Å². The van der Waals surface area contributed by atoms with Gasteiger partial charge in [0.1, 0.15) is 5.52 Å². The first kappa shape index (κ1) is 15.4. The summed E-state index contributed by atoms with van der Waals surface area (Å²) in [7, 11) is 0. The Kier molecular flexibility index (Phi) is 3.32. The Morgan fingerprint density at radius 2 is 2.04 bits per heavy atom. The SMILES string of the molecule is Cc1nc2cc(NC(=O)N3CC4(CCC4)C3c3ccccc3)ccc2o1. The molecule has 1 aliphatic carbocycles. The van der Waals surface area contributed by atoms with E-state index < -0.39 is 0 Å². The van der Waals surface area contributed by atoms with Crippen LogP contribution < -0.4 is 5.32 Å². The van der Waals surface area contributed by atoms with E-state index in [0.29, 0.717) is 5.89 Å². The second kappa shape index (κ2) is 5.59. The first-order valence-electron chi connectivity index (χ1n) is 9.14. The first-order chi connectivity index (χ1) is 12.6. The number of carbonyl (C=O) groups is 1. The maximum Gasteiger partial charge on any atom is 0.322 e. The topological polar surface area (TPSA) is 58.4 Å². The zero-order chi connectivity index (χ0) is 17.7. The highest BCUT2D eigenvalue weighted by atomic mass is 16.3. The summed E-state index contributed by atoms with van der Waals surface area (Å²) in [6.45, 7) is 2.66. The number of aromatic nitrogens is 1. The second-order valence-corrected chi connectivity index (χ2v) is 7.50. The molecular weight excluding hydrogens is 326 g/mol. The third-order valence-corrected chi connectivity index (χ3v) is 5.85. The molecule has 3 aromatic rings. The van der Waals surface area contributed by atoms with E-state index in [0.717, 1.165) is 23.3 Å². The van der Waals surface area contributed by atoms with E-state index >= 15 is 0 Å².